The Morgan fingerprint density at radius 2 is 1.84 bits per heavy atom. The van der Waals surface area contributed by atoms with Crippen molar-refractivity contribution in [2.45, 2.75) is 24.8 Å². The highest BCUT2D eigenvalue weighted by Gasteiger charge is 2.13. The number of thioether (sulfide) groups is 1. The van der Waals surface area contributed by atoms with Crippen LogP contribution < -0.4 is 0 Å². The van der Waals surface area contributed by atoms with Crippen molar-refractivity contribution >= 4 is 17.4 Å². The lowest BCUT2D eigenvalue weighted by Gasteiger charge is -2.04. The number of aryl methyl sites for hydroxylation is 2. The second-order valence-electron chi connectivity index (χ2n) is 4.11. The molecule has 1 heterocycles. The molecule has 0 aliphatic rings. The van der Waals surface area contributed by atoms with Crippen LogP contribution in [0.5, 0.6) is 0 Å². The summed E-state index contributed by atoms with van der Waals surface area (Å²) in [6.45, 7) is 3.81. The fourth-order valence-electron chi connectivity index (χ4n) is 1.71. The van der Waals surface area contributed by atoms with E-state index in [9.17, 15) is 10.1 Å². The minimum absolute atomic E-state index is 0.138. The number of rotatable bonds is 4. The number of hydrogen-bond acceptors (Lipinski definition) is 5. The topological polar surface area (TPSA) is 68.9 Å². The zero-order valence-electron chi connectivity index (χ0n) is 10.7. The lowest BCUT2D eigenvalue weighted by molar-refractivity contribution is -0.385. The van der Waals surface area contributed by atoms with E-state index in [2.05, 4.69) is 9.97 Å². The Kier molecular flexibility index (Phi) is 4.11. The Morgan fingerprint density at radius 1 is 1.21 bits per heavy atom. The molecule has 0 bridgehead atoms. The second-order valence-corrected chi connectivity index (χ2v) is 5.05. The van der Waals surface area contributed by atoms with E-state index in [-0.39, 0.29) is 10.6 Å². The molecular weight excluding hydrogens is 262 g/mol. The second kappa shape index (κ2) is 5.79. The van der Waals surface area contributed by atoms with E-state index < -0.39 is 0 Å². The van der Waals surface area contributed by atoms with E-state index in [0.29, 0.717) is 16.5 Å². The predicted octanol–water partition coefficient (Wildman–Crippen LogP) is 3.29. The fourth-order valence-corrected chi connectivity index (χ4v) is 2.66. The molecule has 2 rings (SSSR count). The van der Waals surface area contributed by atoms with Crippen LogP contribution >= 0.6 is 11.8 Å². The van der Waals surface area contributed by atoms with Crippen LogP contribution in [0.4, 0.5) is 5.69 Å². The third-order valence-electron chi connectivity index (χ3n) is 2.51. The van der Waals surface area contributed by atoms with Gasteiger partial charge in [-0.25, -0.2) is 9.97 Å². The number of hydrogen-bond donors (Lipinski definition) is 0. The molecular formula is C13H13N3O2S. The van der Waals surface area contributed by atoms with E-state index in [1.165, 1.54) is 17.8 Å². The first-order valence-corrected chi connectivity index (χ1v) is 6.72. The van der Waals surface area contributed by atoms with Crippen molar-refractivity contribution < 1.29 is 4.92 Å². The Bertz CT molecular complexity index is 596. The molecule has 0 saturated carbocycles. The molecule has 19 heavy (non-hydrogen) atoms. The minimum Gasteiger partial charge on any atom is -0.258 e. The molecule has 0 atom stereocenters. The van der Waals surface area contributed by atoms with E-state index in [0.717, 1.165) is 11.4 Å². The summed E-state index contributed by atoms with van der Waals surface area (Å²) in [7, 11) is 0. The van der Waals surface area contributed by atoms with Crippen LogP contribution in [0.2, 0.25) is 0 Å². The van der Waals surface area contributed by atoms with Crippen LogP contribution in [0, 0.1) is 24.0 Å². The summed E-state index contributed by atoms with van der Waals surface area (Å²) >= 11 is 1.41. The van der Waals surface area contributed by atoms with Crippen molar-refractivity contribution in [2.75, 3.05) is 0 Å². The summed E-state index contributed by atoms with van der Waals surface area (Å²) in [5.41, 5.74) is 2.62. The molecule has 0 amide bonds. The Morgan fingerprint density at radius 3 is 2.47 bits per heavy atom. The third kappa shape index (κ3) is 3.51. The molecule has 98 valence electrons. The van der Waals surface area contributed by atoms with Gasteiger partial charge in [-0.15, -0.1) is 0 Å². The molecule has 0 radical (unpaired) electrons. The van der Waals surface area contributed by atoms with Crippen molar-refractivity contribution in [3.05, 3.63) is 57.4 Å². The molecule has 0 saturated heterocycles. The molecule has 0 aliphatic heterocycles. The standard InChI is InChI=1S/C13H13N3O2S/c1-9-7-10(2)15-13(14-9)19-8-11-5-3-4-6-12(11)16(17)18/h3-7H,8H2,1-2H3. The third-order valence-corrected chi connectivity index (χ3v) is 3.40. The van der Waals surface area contributed by atoms with Crippen molar-refractivity contribution in [3.8, 4) is 0 Å². The number of nitrogens with zero attached hydrogens (tertiary/aromatic N) is 3. The summed E-state index contributed by atoms with van der Waals surface area (Å²) in [6, 6.07) is 8.63. The Hall–Kier alpha value is -1.95. The normalized spacial score (nSPS) is 10.4. The zero-order chi connectivity index (χ0) is 13.8. The summed E-state index contributed by atoms with van der Waals surface area (Å²) in [6.07, 6.45) is 0. The molecule has 1 aromatic carbocycles. The molecule has 0 N–H and O–H groups in total. The van der Waals surface area contributed by atoms with Gasteiger partial charge >= 0.3 is 0 Å². The molecule has 0 unspecified atom stereocenters. The van der Waals surface area contributed by atoms with Gasteiger partial charge in [0.1, 0.15) is 0 Å². The molecule has 2 aromatic rings. The van der Waals surface area contributed by atoms with Gasteiger partial charge in [-0.3, -0.25) is 10.1 Å². The van der Waals surface area contributed by atoms with Crippen LogP contribution in [-0.2, 0) is 5.75 Å². The van der Waals surface area contributed by atoms with E-state index in [1.807, 2.05) is 19.9 Å². The molecule has 0 aliphatic carbocycles. The number of nitro benzene ring substituents is 1. The van der Waals surface area contributed by atoms with E-state index in [1.54, 1.807) is 18.2 Å². The van der Waals surface area contributed by atoms with Gasteiger partial charge in [0.05, 0.1) is 4.92 Å². The molecule has 5 nitrogen and oxygen atoms in total. The summed E-state index contributed by atoms with van der Waals surface area (Å²) < 4.78 is 0. The number of para-hydroxylation sites is 1. The lowest BCUT2D eigenvalue weighted by Crippen LogP contribution is -1.96. The van der Waals surface area contributed by atoms with E-state index in [4.69, 9.17) is 0 Å². The SMILES string of the molecule is Cc1cc(C)nc(SCc2ccccc2[N+](=O)[O-])n1. The van der Waals surface area contributed by atoms with Crippen LogP contribution in [0.15, 0.2) is 35.5 Å². The van der Waals surface area contributed by atoms with E-state index >= 15 is 0 Å². The zero-order valence-corrected chi connectivity index (χ0v) is 11.5. The van der Waals surface area contributed by atoms with Gasteiger partial charge in [-0.1, -0.05) is 30.0 Å². The first-order chi connectivity index (χ1) is 9.06. The number of benzene rings is 1. The van der Waals surface area contributed by atoms with Gasteiger partial charge in [-0.2, -0.15) is 0 Å². The van der Waals surface area contributed by atoms with Crippen molar-refractivity contribution in [1.29, 1.82) is 0 Å². The van der Waals surface area contributed by atoms with Gasteiger partial charge in [0.15, 0.2) is 5.16 Å². The Labute approximate surface area is 115 Å². The number of nitro groups is 1. The maximum absolute atomic E-state index is 10.9. The van der Waals surface area contributed by atoms with Crippen molar-refractivity contribution in [3.63, 3.8) is 0 Å². The van der Waals surface area contributed by atoms with Gasteiger partial charge in [0.2, 0.25) is 0 Å². The Balaban J connectivity index is 2.16. The minimum atomic E-state index is -0.363. The maximum Gasteiger partial charge on any atom is 0.273 e. The monoisotopic (exact) mass is 275 g/mol. The molecule has 0 fully saturated rings. The quantitative estimate of drug-likeness (QED) is 0.370. The average Bonchev–Trinajstić information content (AvgIpc) is 2.35. The van der Waals surface area contributed by atoms with Crippen LogP contribution in [0.25, 0.3) is 0 Å². The lowest BCUT2D eigenvalue weighted by atomic mass is 10.2. The molecule has 0 spiro atoms. The van der Waals surface area contributed by atoms with Crippen LogP contribution in [0.3, 0.4) is 0 Å². The van der Waals surface area contributed by atoms with Crippen molar-refractivity contribution in [2.24, 2.45) is 0 Å². The van der Waals surface area contributed by atoms with Crippen LogP contribution in [-0.4, -0.2) is 14.9 Å². The average molecular weight is 275 g/mol. The first-order valence-electron chi connectivity index (χ1n) is 5.73. The highest BCUT2D eigenvalue weighted by atomic mass is 32.2. The maximum atomic E-state index is 10.9. The van der Waals surface area contributed by atoms with Gasteiger partial charge in [0.25, 0.3) is 5.69 Å². The van der Waals surface area contributed by atoms with Crippen LogP contribution in [0.1, 0.15) is 17.0 Å². The first kappa shape index (κ1) is 13.5. The fraction of sp³-hybridized carbons (Fsp3) is 0.231. The summed E-state index contributed by atoms with van der Waals surface area (Å²) in [5.74, 6) is 0.486. The smallest absolute Gasteiger partial charge is 0.258 e. The summed E-state index contributed by atoms with van der Waals surface area (Å²) in [5, 5.41) is 11.6. The molecule has 1 aromatic heterocycles. The number of aromatic nitrogens is 2. The van der Waals surface area contributed by atoms with Gasteiger partial charge in [-0.05, 0) is 19.9 Å². The highest BCUT2D eigenvalue weighted by Crippen LogP contribution is 2.26. The highest BCUT2D eigenvalue weighted by molar-refractivity contribution is 7.98. The van der Waals surface area contributed by atoms with Crippen molar-refractivity contribution in [1.82, 2.24) is 9.97 Å². The van der Waals surface area contributed by atoms with Gasteiger partial charge in [0, 0.05) is 28.8 Å². The summed E-state index contributed by atoms with van der Waals surface area (Å²) in [4.78, 5) is 19.2. The molecule has 6 heteroatoms. The largest absolute Gasteiger partial charge is 0.273 e. The predicted molar refractivity (Wildman–Crippen MR) is 74.2 cm³/mol. The van der Waals surface area contributed by atoms with Gasteiger partial charge < -0.3 is 0 Å².